The molecule has 0 atom stereocenters. The average Bonchev–Trinajstić information content (AvgIpc) is 2.98. The molecule has 2 aromatic rings. The van der Waals surface area contributed by atoms with Crippen LogP contribution in [0, 0.1) is 5.92 Å². The van der Waals surface area contributed by atoms with Gasteiger partial charge in [-0.3, -0.25) is 4.79 Å². The lowest BCUT2D eigenvalue weighted by atomic mass is 9.67. The first-order valence-corrected chi connectivity index (χ1v) is 9.66. The summed E-state index contributed by atoms with van der Waals surface area (Å²) in [6.07, 6.45) is 7.89. The number of anilines is 1. The number of carbonyl (C=O) groups excluding carboxylic acids is 1. The molecular weight excluding hydrogens is 330 g/mol. The monoisotopic (exact) mass is 353 g/mol. The van der Waals surface area contributed by atoms with Crippen molar-refractivity contribution in [2.75, 3.05) is 5.32 Å². The molecule has 2 nitrogen and oxygen atoms in total. The van der Waals surface area contributed by atoms with Crippen LogP contribution in [0.3, 0.4) is 0 Å². The predicted molar refractivity (Wildman–Crippen MR) is 103 cm³/mol. The fraction of sp³-hybridized carbons (Fsp3) is 0.409. The van der Waals surface area contributed by atoms with Crippen molar-refractivity contribution in [1.29, 1.82) is 0 Å². The Bertz CT molecular complexity index is 760. The Hall–Kier alpha value is -1.80. The van der Waals surface area contributed by atoms with Crippen LogP contribution in [-0.2, 0) is 16.6 Å². The molecule has 0 aromatic heterocycles. The fourth-order valence-corrected chi connectivity index (χ4v) is 4.85. The van der Waals surface area contributed by atoms with Crippen LogP contribution in [0.2, 0.25) is 5.02 Å². The van der Waals surface area contributed by atoms with E-state index in [-0.39, 0.29) is 5.91 Å². The van der Waals surface area contributed by atoms with E-state index < -0.39 is 0 Å². The van der Waals surface area contributed by atoms with Crippen molar-refractivity contribution in [1.82, 2.24) is 0 Å². The molecule has 2 aromatic carbocycles. The van der Waals surface area contributed by atoms with E-state index in [0.717, 1.165) is 18.5 Å². The molecule has 1 amide bonds. The highest BCUT2D eigenvalue weighted by molar-refractivity contribution is 6.30. The molecule has 3 heteroatoms. The Labute approximate surface area is 154 Å². The van der Waals surface area contributed by atoms with Gasteiger partial charge in [0.05, 0.1) is 0 Å². The highest BCUT2D eigenvalue weighted by Crippen LogP contribution is 2.50. The number of fused-ring (bicyclic) bond motifs is 2. The van der Waals surface area contributed by atoms with Gasteiger partial charge < -0.3 is 5.32 Å². The van der Waals surface area contributed by atoms with E-state index in [2.05, 4.69) is 29.6 Å². The summed E-state index contributed by atoms with van der Waals surface area (Å²) < 4.78 is 0. The smallest absolute Gasteiger partial charge is 0.224 e. The van der Waals surface area contributed by atoms with Crippen LogP contribution in [0.15, 0.2) is 48.5 Å². The van der Waals surface area contributed by atoms with Crippen LogP contribution < -0.4 is 5.32 Å². The van der Waals surface area contributed by atoms with Crippen LogP contribution in [0.1, 0.15) is 49.7 Å². The Morgan fingerprint density at radius 3 is 2.52 bits per heavy atom. The maximum Gasteiger partial charge on any atom is 0.224 e. The zero-order chi connectivity index (χ0) is 17.3. The third-order valence-electron chi connectivity index (χ3n) is 6.13. The topological polar surface area (TPSA) is 29.1 Å². The molecule has 0 saturated heterocycles. The molecule has 0 bridgehead atoms. The van der Waals surface area contributed by atoms with Crippen molar-refractivity contribution in [3.05, 3.63) is 64.7 Å². The minimum atomic E-state index is 0.120. The molecule has 0 radical (unpaired) electrons. The third-order valence-corrected chi connectivity index (χ3v) is 6.38. The Morgan fingerprint density at radius 2 is 1.76 bits per heavy atom. The summed E-state index contributed by atoms with van der Waals surface area (Å²) in [4.78, 5) is 12.3. The minimum Gasteiger partial charge on any atom is -0.326 e. The first-order valence-electron chi connectivity index (χ1n) is 9.28. The molecule has 4 rings (SSSR count). The molecule has 25 heavy (non-hydrogen) atoms. The maximum absolute atomic E-state index is 12.3. The van der Waals surface area contributed by atoms with Crippen LogP contribution in [0.4, 0.5) is 5.69 Å². The minimum absolute atomic E-state index is 0.120. The first-order chi connectivity index (χ1) is 12.1. The van der Waals surface area contributed by atoms with Crippen LogP contribution >= 0.6 is 11.6 Å². The highest BCUT2D eigenvalue weighted by atomic mass is 35.5. The highest BCUT2D eigenvalue weighted by Gasteiger charge is 2.41. The second-order valence-corrected chi connectivity index (χ2v) is 8.08. The molecule has 2 aliphatic rings. The lowest BCUT2D eigenvalue weighted by Crippen LogP contribution is -2.31. The van der Waals surface area contributed by atoms with Gasteiger partial charge in [0.15, 0.2) is 0 Å². The Morgan fingerprint density at radius 1 is 1.04 bits per heavy atom. The van der Waals surface area contributed by atoms with Gasteiger partial charge in [-0.05, 0) is 85.3 Å². The van der Waals surface area contributed by atoms with Gasteiger partial charge in [-0.1, -0.05) is 35.9 Å². The molecule has 2 aliphatic carbocycles. The van der Waals surface area contributed by atoms with Gasteiger partial charge >= 0.3 is 0 Å². The van der Waals surface area contributed by atoms with Crippen LogP contribution in [-0.4, -0.2) is 5.91 Å². The van der Waals surface area contributed by atoms with Gasteiger partial charge in [0.25, 0.3) is 0 Å². The standard InChI is InChI=1S/C22H24ClNO/c23-18-5-7-19(8-6-18)24-21(25)15-16-9-12-22(13-10-16)14-11-17-3-1-2-4-20(17)22/h1-8,16H,9-15H2,(H,24,25)/t16-,22-. The number of rotatable bonds is 3. The van der Waals surface area contributed by atoms with Gasteiger partial charge in [-0.25, -0.2) is 0 Å². The van der Waals surface area contributed by atoms with Crippen molar-refractivity contribution in [2.24, 2.45) is 5.92 Å². The second-order valence-electron chi connectivity index (χ2n) is 7.64. The number of amides is 1. The van der Waals surface area contributed by atoms with Crippen molar-refractivity contribution < 1.29 is 4.79 Å². The summed E-state index contributed by atoms with van der Waals surface area (Å²) >= 11 is 5.89. The lowest BCUT2D eigenvalue weighted by Gasteiger charge is -2.38. The number of hydrogen-bond acceptors (Lipinski definition) is 1. The largest absolute Gasteiger partial charge is 0.326 e. The van der Waals surface area contributed by atoms with Crippen LogP contribution in [0.25, 0.3) is 0 Å². The summed E-state index contributed by atoms with van der Waals surface area (Å²) in [7, 11) is 0. The van der Waals surface area contributed by atoms with Crippen molar-refractivity contribution in [2.45, 2.75) is 50.4 Å². The molecule has 1 saturated carbocycles. The maximum atomic E-state index is 12.3. The number of carbonyl (C=O) groups is 1. The number of halogens is 1. The van der Waals surface area contributed by atoms with Crippen LogP contribution in [0.5, 0.6) is 0 Å². The van der Waals surface area contributed by atoms with E-state index in [1.807, 2.05) is 12.1 Å². The number of benzene rings is 2. The van der Waals surface area contributed by atoms with Gasteiger partial charge in [0.1, 0.15) is 0 Å². The zero-order valence-corrected chi connectivity index (χ0v) is 15.2. The van der Waals surface area contributed by atoms with E-state index in [1.54, 1.807) is 23.3 Å². The van der Waals surface area contributed by atoms with E-state index in [1.165, 1.54) is 25.7 Å². The van der Waals surface area contributed by atoms with Gasteiger partial charge in [-0.15, -0.1) is 0 Å². The summed E-state index contributed by atoms with van der Waals surface area (Å²) in [6, 6.07) is 16.3. The van der Waals surface area contributed by atoms with E-state index in [9.17, 15) is 4.79 Å². The summed E-state index contributed by atoms with van der Waals surface area (Å²) in [5, 5.41) is 3.68. The van der Waals surface area contributed by atoms with Gasteiger partial charge in [-0.2, -0.15) is 0 Å². The normalized spacial score (nSPS) is 24.9. The SMILES string of the molecule is O=C(C[C@H]1CC[C@@]2(CCc3ccccc32)CC1)Nc1ccc(Cl)cc1. The zero-order valence-electron chi connectivity index (χ0n) is 14.4. The molecule has 0 unspecified atom stereocenters. The molecule has 0 aliphatic heterocycles. The Kier molecular flexibility index (Phi) is 4.56. The number of nitrogens with one attached hydrogen (secondary N) is 1. The van der Waals surface area contributed by atoms with E-state index in [4.69, 9.17) is 11.6 Å². The second kappa shape index (κ2) is 6.84. The predicted octanol–water partition coefficient (Wildman–Crippen LogP) is 5.74. The van der Waals surface area contributed by atoms with Crippen molar-refractivity contribution in [3.63, 3.8) is 0 Å². The number of hydrogen-bond donors (Lipinski definition) is 1. The van der Waals surface area contributed by atoms with Crippen molar-refractivity contribution >= 4 is 23.2 Å². The fourth-order valence-electron chi connectivity index (χ4n) is 4.73. The lowest BCUT2D eigenvalue weighted by molar-refractivity contribution is -0.117. The summed E-state index contributed by atoms with van der Waals surface area (Å²) in [5.74, 6) is 0.626. The molecular formula is C22H24ClNO. The molecule has 0 heterocycles. The molecule has 1 N–H and O–H groups in total. The first kappa shape index (κ1) is 16.7. The van der Waals surface area contributed by atoms with Gasteiger partial charge in [0, 0.05) is 17.1 Å². The molecule has 130 valence electrons. The summed E-state index contributed by atoms with van der Waals surface area (Å²) in [6.45, 7) is 0. The van der Waals surface area contributed by atoms with Crippen molar-refractivity contribution in [3.8, 4) is 0 Å². The third kappa shape index (κ3) is 3.46. The van der Waals surface area contributed by atoms with Gasteiger partial charge in [0.2, 0.25) is 5.91 Å². The number of aryl methyl sites for hydroxylation is 1. The quantitative estimate of drug-likeness (QED) is 0.748. The summed E-state index contributed by atoms with van der Waals surface area (Å²) in [5.41, 5.74) is 4.34. The van der Waals surface area contributed by atoms with E-state index in [0.29, 0.717) is 22.8 Å². The molecule has 1 fully saturated rings. The average molecular weight is 354 g/mol. The molecule has 1 spiro atoms. The van der Waals surface area contributed by atoms with E-state index >= 15 is 0 Å². The Balaban J connectivity index is 1.33.